The molecule has 1 aliphatic rings. The molecule has 0 bridgehead atoms. The predicted molar refractivity (Wildman–Crippen MR) is 108 cm³/mol. The van der Waals surface area contributed by atoms with Gasteiger partial charge in [-0.1, -0.05) is 17.8 Å². The first-order valence-electron chi connectivity index (χ1n) is 9.00. The molecule has 0 N–H and O–H groups in total. The Hall–Kier alpha value is -3.25. The zero-order chi connectivity index (χ0) is 20.3. The molecule has 5 heterocycles. The van der Waals surface area contributed by atoms with Crippen LogP contribution in [0.5, 0.6) is 0 Å². The average Bonchev–Trinajstić information content (AvgIpc) is 3.56. The minimum absolute atomic E-state index is 0.114. The molecule has 152 valence electrons. The van der Waals surface area contributed by atoms with Crippen LogP contribution < -0.4 is 0 Å². The molecule has 4 aromatic heterocycles. The number of hydrogen-bond acceptors (Lipinski definition) is 10. The van der Waals surface area contributed by atoms with E-state index in [4.69, 9.17) is 8.83 Å². The standard InChI is InChI=1S/C18H15N7O3S2/c26-17(9-30-18-22-21-16(28-18)8-24-11-19-10-20-24)25-13(14-3-1-5-27-14)7-12(23-25)15-4-2-6-29-15/h1-6,10-11,13H,7-9H2. The molecule has 30 heavy (non-hydrogen) atoms. The summed E-state index contributed by atoms with van der Waals surface area (Å²) in [5.74, 6) is 1.05. The van der Waals surface area contributed by atoms with Gasteiger partial charge in [0.15, 0.2) is 0 Å². The van der Waals surface area contributed by atoms with Gasteiger partial charge < -0.3 is 8.83 Å². The molecule has 10 nitrogen and oxygen atoms in total. The first-order valence-corrected chi connectivity index (χ1v) is 10.9. The Bertz CT molecular complexity index is 1140. The summed E-state index contributed by atoms with van der Waals surface area (Å²) in [7, 11) is 0. The number of carbonyl (C=O) groups is 1. The second-order valence-corrected chi connectivity index (χ2v) is 8.22. The molecular weight excluding hydrogens is 426 g/mol. The second-order valence-electron chi connectivity index (χ2n) is 6.34. The fourth-order valence-corrected chi connectivity index (χ4v) is 4.39. The maximum absolute atomic E-state index is 13.0. The number of thiophene rings is 1. The van der Waals surface area contributed by atoms with E-state index in [1.54, 1.807) is 28.6 Å². The maximum Gasteiger partial charge on any atom is 0.277 e. The summed E-state index contributed by atoms with van der Waals surface area (Å²) in [6, 6.07) is 7.37. The molecule has 1 atom stereocenters. The van der Waals surface area contributed by atoms with Gasteiger partial charge in [0.1, 0.15) is 31.0 Å². The Morgan fingerprint density at radius 3 is 3.03 bits per heavy atom. The Labute approximate surface area is 178 Å². The summed E-state index contributed by atoms with van der Waals surface area (Å²) in [5.41, 5.74) is 0.873. The summed E-state index contributed by atoms with van der Waals surface area (Å²) in [5, 5.41) is 20.3. The van der Waals surface area contributed by atoms with Crippen molar-refractivity contribution in [3.05, 3.63) is 65.1 Å². The van der Waals surface area contributed by atoms with E-state index in [1.165, 1.54) is 23.1 Å². The van der Waals surface area contributed by atoms with Crippen LogP contribution in [0.25, 0.3) is 0 Å². The summed E-state index contributed by atoms with van der Waals surface area (Å²) in [6.45, 7) is 0.322. The summed E-state index contributed by atoms with van der Waals surface area (Å²) < 4.78 is 12.7. The Morgan fingerprint density at radius 2 is 2.27 bits per heavy atom. The second kappa shape index (κ2) is 8.24. The van der Waals surface area contributed by atoms with Gasteiger partial charge in [0.25, 0.3) is 11.1 Å². The van der Waals surface area contributed by atoms with E-state index in [1.807, 2.05) is 29.6 Å². The fraction of sp³-hybridized carbons (Fsp3) is 0.222. The topological polar surface area (TPSA) is 115 Å². The number of carbonyl (C=O) groups excluding carboxylic acids is 1. The Kier molecular flexibility index (Phi) is 5.15. The van der Waals surface area contributed by atoms with Crippen LogP contribution in [0, 0.1) is 0 Å². The lowest BCUT2D eigenvalue weighted by Gasteiger charge is -2.19. The predicted octanol–water partition coefficient (Wildman–Crippen LogP) is 2.83. The average molecular weight is 441 g/mol. The molecule has 1 aliphatic heterocycles. The van der Waals surface area contributed by atoms with E-state index >= 15 is 0 Å². The molecule has 0 aliphatic carbocycles. The molecule has 0 spiro atoms. The molecule has 5 rings (SSSR count). The normalized spacial score (nSPS) is 16.2. The Morgan fingerprint density at radius 1 is 1.30 bits per heavy atom. The van der Waals surface area contributed by atoms with Crippen LogP contribution in [-0.2, 0) is 11.3 Å². The van der Waals surface area contributed by atoms with Gasteiger partial charge >= 0.3 is 0 Å². The van der Waals surface area contributed by atoms with Crippen molar-refractivity contribution in [3.8, 4) is 0 Å². The van der Waals surface area contributed by atoms with Crippen LogP contribution in [0.2, 0.25) is 0 Å². The van der Waals surface area contributed by atoms with Gasteiger partial charge in [0.05, 0.1) is 22.6 Å². The molecule has 0 fully saturated rings. The number of hydrazone groups is 1. The summed E-state index contributed by atoms with van der Waals surface area (Å²) in [4.78, 5) is 17.9. The SMILES string of the molecule is O=C(CSc1nnc(Cn2cncn2)o1)N1N=C(c2cccs2)CC1c1ccco1. The number of rotatable bonds is 7. The quantitative estimate of drug-likeness (QED) is 0.402. The van der Waals surface area contributed by atoms with Gasteiger partial charge in [-0.25, -0.2) is 14.7 Å². The number of furan rings is 1. The van der Waals surface area contributed by atoms with Gasteiger partial charge in [0.2, 0.25) is 5.89 Å². The number of hydrogen-bond donors (Lipinski definition) is 0. The molecule has 12 heteroatoms. The fourth-order valence-electron chi connectivity index (χ4n) is 3.04. The highest BCUT2D eigenvalue weighted by Crippen LogP contribution is 2.34. The van der Waals surface area contributed by atoms with Gasteiger partial charge in [-0.2, -0.15) is 10.2 Å². The van der Waals surface area contributed by atoms with Crippen molar-refractivity contribution in [3.63, 3.8) is 0 Å². The van der Waals surface area contributed by atoms with E-state index in [-0.39, 0.29) is 17.7 Å². The van der Waals surface area contributed by atoms with Crippen LogP contribution >= 0.6 is 23.1 Å². The third-order valence-electron chi connectivity index (χ3n) is 4.37. The van der Waals surface area contributed by atoms with E-state index in [9.17, 15) is 4.79 Å². The molecule has 1 amide bonds. The smallest absolute Gasteiger partial charge is 0.277 e. The third-order valence-corrected chi connectivity index (χ3v) is 6.10. The van der Waals surface area contributed by atoms with E-state index < -0.39 is 0 Å². The minimum atomic E-state index is -0.268. The first-order chi connectivity index (χ1) is 14.8. The Balaban J connectivity index is 1.27. The van der Waals surface area contributed by atoms with Crippen molar-refractivity contribution in [2.75, 3.05) is 5.75 Å². The molecule has 0 saturated carbocycles. The monoisotopic (exact) mass is 441 g/mol. The number of nitrogens with zero attached hydrogens (tertiary/aromatic N) is 7. The number of amides is 1. The molecule has 1 unspecified atom stereocenters. The minimum Gasteiger partial charge on any atom is -0.467 e. The van der Waals surface area contributed by atoms with Crippen molar-refractivity contribution in [2.45, 2.75) is 24.2 Å². The number of thioether (sulfide) groups is 1. The highest BCUT2D eigenvalue weighted by Gasteiger charge is 2.35. The molecule has 0 aromatic carbocycles. The van der Waals surface area contributed by atoms with Gasteiger partial charge in [-0.15, -0.1) is 21.5 Å². The van der Waals surface area contributed by atoms with Gasteiger partial charge in [0, 0.05) is 6.42 Å². The van der Waals surface area contributed by atoms with Crippen LogP contribution in [0.4, 0.5) is 0 Å². The molecular formula is C18H15N7O3S2. The summed E-state index contributed by atoms with van der Waals surface area (Å²) in [6.07, 6.45) is 5.20. The van der Waals surface area contributed by atoms with Crippen molar-refractivity contribution >= 4 is 34.7 Å². The van der Waals surface area contributed by atoms with Gasteiger partial charge in [-0.3, -0.25) is 4.79 Å². The van der Waals surface area contributed by atoms with Crippen molar-refractivity contribution in [1.29, 1.82) is 0 Å². The highest BCUT2D eigenvalue weighted by atomic mass is 32.2. The zero-order valence-corrected chi connectivity index (χ0v) is 17.1. The van der Waals surface area contributed by atoms with Crippen molar-refractivity contribution in [2.24, 2.45) is 5.10 Å². The van der Waals surface area contributed by atoms with Crippen LogP contribution in [0.1, 0.15) is 29.0 Å². The molecule has 4 aromatic rings. The van der Waals surface area contributed by atoms with Crippen molar-refractivity contribution < 1.29 is 13.6 Å². The van der Waals surface area contributed by atoms with E-state index in [0.29, 0.717) is 29.8 Å². The lowest BCUT2D eigenvalue weighted by molar-refractivity contribution is -0.130. The maximum atomic E-state index is 13.0. The third kappa shape index (κ3) is 3.91. The lowest BCUT2D eigenvalue weighted by atomic mass is 10.1. The van der Waals surface area contributed by atoms with E-state index in [2.05, 4.69) is 25.4 Å². The lowest BCUT2D eigenvalue weighted by Crippen LogP contribution is -2.28. The summed E-state index contributed by atoms with van der Waals surface area (Å²) >= 11 is 2.77. The van der Waals surface area contributed by atoms with Crippen LogP contribution in [-0.4, -0.2) is 47.3 Å². The van der Waals surface area contributed by atoms with Gasteiger partial charge in [-0.05, 0) is 23.6 Å². The van der Waals surface area contributed by atoms with E-state index in [0.717, 1.165) is 10.6 Å². The highest BCUT2D eigenvalue weighted by molar-refractivity contribution is 7.99. The molecule has 0 saturated heterocycles. The number of aromatic nitrogens is 5. The van der Waals surface area contributed by atoms with Crippen molar-refractivity contribution in [1.82, 2.24) is 30.0 Å². The van der Waals surface area contributed by atoms with Crippen LogP contribution in [0.3, 0.4) is 0 Å². The zero-order valence-electron chi connectivity index (χ0n) is 15.5. The first kappa shape index (κ1) is 18.8. The molecule has 0 radical (unpaired) electrons. The largest absolute Gasteiger partial charge is 0.467 e. The van der Waals surface area contributed by atoms with Crippen LogP contribution in [0.15, 0.2) is 67.7 Å².